The largest absolute Gasteiger partial charge is 0.337 e. The number of hydrogen-bond donors (Lipinski definition) is 1. The van der Waals surface area contributed by atoms with E-state index >= 15 is 0 Å². The summed E-state index contributed by atoms with van der Waals surface area (Å²) in [7, 11) is 3.71. The van der Waals surface area contributed by atoms with Gasteiger partial charge in [0.05, 0.1) is 5.69 Å². The lowest BCUT2D eigenvalue weighted by atomic mass is 10.1. The molecule has 1 aromatic rings. The van der Waals surface area contributed by atoms with Gasteiger partial charge in [-0.15, -0.1) is 0 Å². The molecule has 1 amide bonds. The van der Waals surface area contributed by atoms with Crippen LogP contribution in [-0.4, -0.2) is 46.8 Å². The van der Waals surface area contributed by atoms with E-state index in [2.05, 4.69) is 10.4 Å². The summed E-state index contributed by atoms with van der Waals surface area (Å²) >= 11 is 0. The average Bonchev–Trinajstić information content (AvgIpc) is 2.68. The highest BCUT2D eigenvalue weighted by Crippen LogP contribution is 2.14. The average molecular weight is 236 g/mol. The van der Waals surface area contributed by atoms with E-state index in [1.807, 2.05) is 32.0 Å². The number of carbonyl (C=O) groups is 1. The lowest BCUT2D eigenvalue weighted by molar-refractivity contribution is 0.0692. The number of nitrogens with zero attached hydrogens (tertiary/aromatic N) is 3. The Morgan fingerprint density at radius 1 is 1.53 bits per heavy atom. The highest BCUT2D eigenvalue weighted by atomic mass is 16.2. The Morgan fingerprint density at radius 2 is 2.18 bits per heavy atom. The quantitative estimate of drug-likeness (QED) is 0.816. The second kappa shape index (κ2) is 4.87. The molecule has 1 fully saturated rings. The Kier molecular flexibility index (Phi) is 3.47. The molecule has 2 heterocycles. The first-order valence-electron chi connectivity index (χ1n) is 6.08. The molecule has 2 rings (SSSR count). The SMILES string of the molecule is Cc1cc(C(=O)N(C)C2CCNCC2)n(C)n1. The minimum atomic E-state index is 0.0694. The number of aryl methyl sites for hydroxylation is 2. The summed E-state index contributed by atoms with van der Waals surface area (Å²) < 4.78 is 1.66. The molecule has 5 heteroatoms. The fourth-order valence-corrected chi connectivity index (χ4v) is 2.35. The van der Waals surface area contributed by atoms with Gasteiger partial charge in [0.2, 0.25) is 0 Å². The molecular formula is C12H20N4O. The third-order valence-electron chi connectivity index (χ3n) is 3.40. The van der Waals surface area contributed by atoms with Crippen LogP contribution in [0.2, 0.25) is 0 Å². The van der Waals surface area contributed by atoms with E-state index < -0.39 is 0 Å². The number of amides is 1. The first-order valence-corrected chi connectivity index (χ1v) is 6.08. The van der Waals surface area contributed by atoms with Gasteiger partial charge in [0.15, 0.2) is 0 Å². The third kappa shape index (κ3) is 2.49. The van der Waals surface area contributed by atoms with Crippen molar-refractivity contribution in [3.05, 3.63) is 17.5 Å². The van der Waals surface area contributed by atoms with Crippen LogP contribution in [0.1, 0.15) is 29.0 Å². The van der Waals surface area contributed by atoms with Crippen LogP contribution >= 0.6 is 0 Å². The Labute approximate surface area is 102 Å². The molecule has 0 aliphatic carbocycles. The maximum atomic E-state index is 12.3. The predicted octanol–water partition coefficient (Wildman–Crippen LogP) is 0.553. The molecule has 1 aromatic heterocycles. The van der Waals surface area contributed by atoms with Crippen LogP contribution in [0.15, 0.2) is 6.07 Å². The van der Waals surface area contributed by atoms with Gasteiger partial charge in [0.1, 0.15) is 5.69 Å². The number of hydrogen-bond acceptors (Lipinski definition) is 3. The lowest BCUT2D eigenvalue weighted by Crippen LogP contribution is -2.44. The van der Waals surface area contributed by atoms with Gasteiger partial charge in [-0.1, -0.05) is 0 Å². The van der Waals surface area contributed by atoms with Crippen molar-refractivity contribution in [3.63, 3.8) is 0 Å². The fourth-order valence-electron chi connectivity index (χ4n) is 2.35. The molecule has 0 bridgehead atoms. The maximum absolute atomic E-state index is 12.3. The zero-order chi connectivity index (χ0) is 12.4. The van der Waals surface area contributed by atoms with Crippen molar-refractivity contribution in [3.8, 4) is 0 Å². The van der Waals surface area contributed by atoms with E-state index in [0.717, 1.165) is 31.6 Å². The summed E-state index contributed by atoms with van der Waals surface area (Å²) in [6.45, 7) is 3.89. The van der Waals surface area contributed by atoms with E-state index in [1.165, 1.54) is 0 Å². The van der Waals surface area contributed by atoms with Gasteiger partial charge in [-0.25, -0.2) is 0 Å². The molecule has 1 aliphatic rings. The molecule has 1 aliphatic heterocycles. The Hall–Kier alpha value is -1.36. The van der Waals surface area contributed by atoms with Crippen molar-refractivity contribution in [1.82, 2.24) is 20.0 Å². The molecule has 0 saturated carbocycles. The van der Waals surface area contributed by atoms with Gasteiger partial charge >= 0.3 is 0 Å². The van der Waals surface area contributed by atoms with Crippen LogP contribution in [-0.2, 0) is 7.05 Å². The molecule has 1 N–H and O–H groups in total. The lowest BCUT2D eigenvalue weighted by Gasteiger charge is -2.31. The summed E-state index contributed by atoms with van der Waals surface area (Å²) in [6.07, 6.45) is 2.05. The molecule has 1 saturated heterocycles. The van der Waals surface area contributed by atoms with Crippen LogP contribution in [0, 0.1) is 6.92 Å². The van der Waals surface area contributed by atoms with Gasteiger partial charge in [-0.3, -0.25) is 9.48 Å². The van der Waals surface area contributed by atoms with Crippen molar-refractivity contribution >= 4 is 5.91 Å². The summed E-state index contributed by atoms with van der Waals surface area (Å²) in [5.41, 5.74) is 1.55. The van der Waals surface area contributed by atoms with Gasteiger partial charge < -0.3 is 10.2 Å². The molecule has 17 heavy (non-hydrogen) atoms. The molecule has 0 atom stereocenters. The molecule has 5 nitrogen and oxygen atoms in total. The second-order valence-electron chi connectivity index (χ2n) is 4.69. The van der Waals surface area contributed by atoms with Crippen LogP contribution in [0.3, 0.4) is 0 Å². The summed E-state index contributed by atoms with van der Waals surface area (Å²) in [6, 6.07) is 2.19. The summed E-state index contributed by atoms with van der Waals surface area (Å²) in [5.74, 6) is 0.0694. The topological polar surface area (TPSA) is 50.2 Å². The first-order chi connectivity index (χ1) is 8.09. The van der Waals surface area contributed by atoms with Crippen molar-refractivity contribution in [2.75, 3.05) is 20.1 Å². The van der Waals surface area contributed by atoms with Gasteiger partial charge in [0, 0.05) is 20.1 Å². The molecule has 0 unspecified atom stereocenters. The number of rotatable bonds is 2. The summed E-state index contributed by atoms with van der Waals surface area (Å²) in [5, 5.41) is 7.52. The van der Waals surface area contributed by atoms with Crippen LogP contribution in [0.25, 0.3) is 0 Å². The minimum Gasteiger partial charge on any atom is -0.337 e. The normalized spacial score (nSPS) is 17.1. The Morgan fingerprint density at radius 3 is 2.71 bits per heavy atom. The fraction of sp³-hybridized carbons (Fsp3) is 0.667. The highest BCUT2D eigenvalue weighted by Gasteiger charge is 2.24. The number of nitrogens with one attached hydrogen (secondary N) is 1. The van der Waals surface area contributed by atoms with Crippen molar-refractivity contribution in [2.45, 2.75) is 25.8 Å². The molecule has 0 aromatic carbocycles. The van der Waals surface area contributed by atoms with E-state index in [9.17, 15) is 4.79 Å². The number of carbonyl (C=O) groups excluding carboxylic acids is 1. The van der Waals surface area contributed by atoms with Crippen LogP contribution in [0.4, 0.5) is 0 Å². The smallest absolute Gasteiger partial charge is 0.272 e. The first kappa shape index (κ1) is 12.1. The van der Waals surface area contributed by atoms with Crippen molar-refractivity contribution < 1.29 is 4.79 Å². The molecule has 0 radical (unpaired) electrons. The monoisotopic (exact) mass is 236 g/mol. The molecular weight excluding hydrogens is 216 g/mol. The number of aromatic nitrogens is 2. The zero-order valence-corrected chi connectivity index (χ0v) is 10.7. The van der Waals surface area contributed by atoms with E-state index in [4.69, 9.17) is 0 Å². The second-order valence-corrected chi connectivity index (χ2v) is 4.69. The minimum absolute atomic E-state index is 0.0694. The van der Waals surface area contributed by atoms with Crippen molar-refractivity contribution in [2.24, 2.45) is 7.05 Å². The summed E-state index contributed by atoms with van der Waals surface area (Å²) in [4.78, 5) is 14.2. The third-order valence-corrected chi connectivity index (χ3v) is 3.40. The molecule has 94 valence electrons. The van der Waals surface area contributed by atoms with E-state index in [1.54, 1.807) is 4.68 Å². The zero-order valence-electron chi connectivity index (χ0n) is 10.7. The van der Waals surface area contributed by atoms with E-state index in [0.29, 0.717) is 11.7 Å². The van der Waals surface area contributed by atoms with E-state index in [-0.39, 0.29) is 5.91 Å². The van der Waals surface area contributed by atoms with Gasteiger partial charge in [-0.05, 0) is 38.9 Å². The highest BCUT2D eigenvalue weighted by molar-refractivity contribution is 5.92. The van der Waals surface area contributed by atoms with Crippen LogP contribution in [0.5, 0.6) is 0 Å². The predicted molar refractivity (Wildman–Crippen MR) is 65.9 cm³/mol. The number of piperidine rings is 1. The Balaban J connectivity index is 2.11. The Bertz CT molecular complexity index is 407. The van der Waals surface area contributed by atoms with Gasteiger partial charge in [-0.2, -0.15) is 5.10 Å². The van der Waals surface area contributed by atoms with Crippen molar-refractivity contribution in [1.29, 1.82) is 0 Å². The van der Waals surface area contributed by atoms with Gasteiger partial charge in [0.25, 0.3) is 5.91 Å². The van der Waals surface area contributed by atoms with Crippen LogP contribution < -0.4 is 5.32 Å². The standard InChI is InChI=1S/C12H20N4O/c1-9-8-11(16(3)14-9)12(17)15(2)10-4-6-13-7-5-10/h8,10,13H,4-7H2,1-3H3. The molecule has 0 spiro atoms. The maximum Gasteiger partial charge on any atom is 0.272 e.